The van der Waals surface area contributed by atoms with Crippen molar-refractivity contribution in [1.29, 1.82) is 0 Å². The Bertz CT molecular complexity index is 299. The summed E-state index contributed by atoms with van der Waals surface area (Å²) in [6, 6.07) is 5.67. The van der Waals surface area contributed by atoms with Gasteiger partial charge in [-0.25, -0.2) is 0 Å². The van der Waals surface area contributed by atoms with Gasteiger partial charge in [0.25, 0.3) is 0 Å². The summed E-state index contributed by atoms with van der Waals surface area (Å²) >= 11 is 0. The van der Waals surface area contributed by atoms with Crippen LogP contribution in [-0.4, -0.2) is 18.8 Å². The van der Waals surface area contributed by atoms with Gasteiger partial charge in [-0.05, 0) is 38.6 Å². The first kappa shape index (κ1) is 10.9. The summed E-state index contributed by atoms with van der Waals surface area (Å²) in [5.74, 6) is 0.742. The molecular weight excluding hydrogens is 178 g/mol. The number of rotatable bonds is 4. The van der Waals surface area contributed by atoms with Crippen molar-refractivity contribution >= 4 is 0 Å². The van der Waals surface area contributed by atoms with E-state index >= 15 is 0 Å². The third kappa shape index (κ3) is 2.39. The Kier molecular flexibility index (Phi) is 3.77. The van der Waals surface area contributed by atoms with E-state index in [1.807, 2.05) is 26.1 Å². The molecular formula is C11H17NO2. The molecule has 1 aromatic carbocycles. The monoisotopic (exact) mass is 195 g/mol. The molecule has 1 atom stereocenters. The van der Waals surface area contributed by atoms with Gasteiger partial charge in [-0.1, -0.05) is 6.07 Å². The van der Waals surface area contributed by atoms with Crippen molar-refractivity contribution in [2.75, 3.05) is 13.7 Å². The quantitative estimate of drug-likeness (QED) is 0.772. The van der Waals surface area contributed by atoms with Crippen LogP contribution in [0.25, 0.3) is 0 Å². The van der Waals surface area contributed by atoms with E-state index in [1.165, 1.54) is 0 Å². The van der Waals surface area contributed by atoms with Crippen molar-refractivity contribution in [3.05, 3.63) is 23.8 Å². The number of aromatic hydroxyl groups is 1. The fourth-order valence-corrected chi connectivity index (χ4v) is 1.24. The molecule has 3 heteroatoms. The lowest BCUT2D eigenvalue weighted by atomic mass is 10.1. The van der Waals surface area contributed by atoms with Crippen LogP contribution in [0.5, 0.6) is 11.5 Å². The van der Waals surface area contributed by atoms with Crippen molar-refractivity contribution in [2.24, 2.45) is 0 Å². The number of ether oxygens (including phenoxy) is 1. The normalized spacial score (nSPS) is 12.5. The number of phenols is 1. The van der Waals surface area contributed by atoms with Crippen LogP contribution in [0.3, 0.4) is 0 Å². The molecule has 0 aromatic heterocycles. The molecule has 0 heterocycles. The molecule has 0 bridgehead atoms. The maximum atomic E-state index is 9.48. The maximum Gasteiger partial charge on any atom is 0.161 e. The maximum absolute atomic E-state index is 9.48. The van der Waals surface area contributed by atoms with Crippen LogP contribution in [0.4, 0.5) is 0 Å². The molecule has 0 aliphatic carbocycles. The predicted octanol–water partition coefficient (Wildman–Crippen LogP) is 2.07. The molecule has 14 heavy (non-hydrogen) atoms. The highest BCUT2D eigenvalue weighted by Gasteiger charge is 2.07. The zero-order chi connectivity index (χ0) is 10.6. The summed E-state index contributed by atoms with van der Waals surface area (Å²) in [5, 5.41) is 12.6. The Morgan fingerprint density at radius 3 is 2.79 bits per heavy atom. The summed E-state index contributed by atoms with van der Waals surface area (Å²) < 4.78 is 5.29. The summed E-state index contributed by atoms with van der Waals surface area (Å²) in [5.41, 5.74) is 1.11. The van der Waals surface area contributed by atoms with E-state index in [2.05, 4.69) is 12.2 Å². The summed E-state index contributed by atoms with van der Waals surface area (Å²) in [4.78, 5) is 0. The van der Waals surface area contributed by atoms with E-state index in [1.54, 1.807) is 6.07 Å². The number of phenolic OH excluding ortho intramolecular Hbond substituents is 1. The Morgan fingerprint density at radius 1 is 1.50 bits per heavy atom. The van der Waals surface area contributed by atoms with E-state index in [0.717, 1.165) is 5.56 Å². The zero-order valence-electron chi connectivity index (χ0n) is 8.87. The lowest BCUT2D eigenvalue weighted by Gasteiger charge is -2.13. The Labute approximate surface area is 84.7 Å². The Balaban J connectivity index is 2.93. The average Bonchev–Trinajstić information content (AvgIpc) is 2.20. The van der Waals surface area contributed by atoms with Crippen LogP contribution in [0.15, 0.2) is 18.2 Å². The molecule has 2 N–H and O–H groups in total. The van der Waals surface area contributed by atoms with Crippen LogP contribution in [0.1, 0.15) is 25.5 Å². The minimum Gasteiger partial charge on any atom is -0.504 e. The highest BCUT2D eigenvalue weighted by Crippen LogP contribution is 2.28. The van der Waals surface area contributed by atoms with Crippen LogP contribution >= 0.6 is 0 Å². The van der Waals surface area contributed by atoms with Gasteiger partial charge in [0.2, 0.25) is 0 Å². The van der Waals surface area contributed by atoms with Crippen molar-refractivity contribution in [3.63, 3.8) is 0 Å². The second-order valence-electron chi connectivity index (χ2n) is 3.17. The van der Waals surface area contributed by atoms with E-state index in [-0.39, 0.29) is 11.8 Å². The lowest BCUT2D eigenvalue weighted by molar-refractivity contribution is 0.317. The molecule has 0 aliphatic rings. The van der Waals surface area contributed by atoms with Gasteiger partial charge in [0.1, 0.15) is 0 Å². The minimum atomic E-state index is 0.193. The number of benzene rings is 1. The third-order valence-electron chi connectivity index (χ3n) is 2.22. The first-order chi connectivity index (χ1) is 6.69. The van der Waals surface area contributed by atoms with Gasteiger partial charge >= 0.3 is 0 Å². The molecule has 1 aromatic rings. The van der Waals surface area contributed by atoms with Gasteiger partial charge in [0, 0.05) is 6.04 Å². The zero-order valence-corrected chi connectivity index (χ0v) is 8.87. The molecule has 78 valence electrons. The van der Waals surface area contributed by atoms with Crippen molar-refractivity contribution in [2.45, 2.75) is 19.9 Å². The number of nitrogens with one attached hydrogen (secondary N) is 1. The standard InChI is InChI=1S/C11H17NO2/c1-4-14-11-7-9(8(2)12-3)5-6-10(11)13/h5-8,12-13H,4H2,1-3H3/t8-/m1/s1. The highest BCUT2D eigenvalue weighted by molar-refractivity contribution is 5.42. The first-order valence-corrected chi connectivity index (χ1v) is 4.82. The van der Waals surface area contributed by atoms with Crippen LogP contribution in [-0.2, 0) is 0 Å². The van der Waals surface area contributed by atoms with Crippen LogP contribution in [0.2, 0.25) is 0 Å². The van der Waals surface area contributed by atoms with Gasteiger partial charge in [-0.3, -0.25) is 0 Å². The fourth-order valence-electron chi connectivity index (χ4n) is 1.24. The largest absolute Gasteiger partial charge is 0.504 e. The van der Waals surface area contributed by atoms with Crippen LogP contribution < -0.4 is 10.1 Å². The van der Waals surface area contributed by atoms with Gasteiger partial charge in [0.15, 0.2) is 11.5 Å². The van der Waals surface area contributed by atoms with E-state index in [4.69, 9.17) is 4.74 Å². The van der Waals surface area contributed by atoms with E-state index < -0.39 is 0 Å². The smallest absolute Gasteiger partial charge is 0.161 e. The molecule has 0 saturated heterocycles. The lowest BCUT2D eigenvalue weighted by Crippen LogP contribution is -2.12. The Morgan fingerprint density at radius 2 is 2.21 bits per heavy atom. The fraction of sp³-hybridized carbons (Fsp3) is 0.455. The minimum absolute atomic E-state index is 0.193. The highest BCUT2D eigenvalue weighted by atomic mass is 16.5. The molecule has 0 aliphatic heterocycles. The van der Waals surface area contributed by atoms with Crippen molar-refractivity contribution in [1.82, 2.24) is 5.32 Å². The first-order valence-electron chi connectivity index (χ1n) is 4.82. The second kappa shape index (κ2) is 4.86. The SMILES string of the molecule is CCOc1cc([C@@H](C)NC)ccc1O. The number of hydrogen-bond donors (Lipinski definition) is 2. The predicted molar refractivity (Wildman–Crippen MR) is 56.8 cm³/mol. The molecule has 0 amide bonds. The van der Waals surface area contributed by atoms with Crippen LogP contribution in [0, 0.1) is 0 Å². The molecule has 0 radical (unpaired) electrons. The van der Waals surface area contributed by atoms with Crippen molar-refractivity contribution in [3.8, 4) is 11.5 Å². The summed E-state index contributed by atoms with van der Waals surface area (Å²) in [7, 11) is 1.90. The summed E-state index contributed by atoms with van der Waals surface area (Å²) in [6.07, 6.45) is 0. The molecule has 0 saturated carbocycles. The number of hydrogen-bond acceptors (Lipinski definition) is 3. The molecule has 0 fully saturated rings. The van der Waals surface area contributed by atoms with Gasteiger partial charge in [-0.15, -0.1) is 0 Å². The molecule has 1 rings (SSSR count). The second-order valence-corrected chi connectivity index (χ2v) is 3.17. The topological polar surface area (TPSA) is 41.5 Å². The van der Waals surface area contributed by atoms with Gasteiger partial charge < -0.3 is 15.2 Å². The molecule has 0 unspecified atom stereocenters. The van der Waals surface area contributed by atoms with Gasteiger partial charge in [0.05, 0.1) is 6.61 Å². The molecule has 3 nitrogen and oxygen atoms in total. The molecule has 0 spiro atoms. The Hall–Kier alpha value is -1.22. The average molecular weight is 195 g/mol. The van der Waals surface area contributed by atoms with Crippen molar-refractivity contribution < 1.29 is 9.84 Å². The van der Waals surface area contributed by atoms with E-state index in [0.29, 0.717) is 12.4 Å². The van der Waals surface area contributed by atoms with Gasteiger partial charge in [-0.2, -0.15) is 0 Å². The third-order valence-corrected chi connectivity index (χ3v) is 2.22. The summed E-state index contributed by atoms with van der Waals surface area (Å²) in [6.45, 7) is 4.51. The van der Waals surface area contributed by atoms with E-state index in [9.17, 15) is 5.11 Å².